The van der Waals surface area contributed by atoms with Crippen LogP contribution >= 0.6 is 0 Å². The maximum Gasteiger partial charge on any atom is -0.0190 e. The van der Waals surface area contributed by atoms with Crippen molar-refractivity contribution in [2.75, 3.05) is 0 Å². The zero-order valence-corrected chi connectivity index (χ0v) is 10.9. The van der Waals surface area contributed by atoms with Crippen molar-refractivity contribution in [1.82, 2.24) is 0 Å². The summed E-state index contributed by atoms with van der Waals surface area (Å²) in [5.41, 5.74) is 3.59. The van der Waals surface area contributed by atoms with Gasteiger partial charge in [0.25, 0.3) is 0 Å². The fraction of sp³-hybridized carbons (Fsp3) is 0.600. The second-order valence-corrected chi connectivity index (χ2v) is 4.37. The van der Waals surface area contributed by atoms with Gasteiger partial charge in [-0.15, -0.1) is 0 Å². The van der Waals surface area contributed by atoms with Gasteiger partial charge in [-0.05, 0) is 42.9 Å². The number of rotatable bonds is 7. The van der Waals surface area contributed by atoms with Gasteiger partial charge >= 0.3 is 0 Å². The van der Waals surface area contributed by atoms with Gasteiger partial charge in [0, 0.05) is 0 Å². The van der Waals surface area contributed by atoms with Crippen molar-refractivity contribution in [3.05, 3.63) is 36.0 Å². The van der Waals surface area contributed by atoms with Crippen LogP contribution in [0.1, 0.15) is 53.4 Å². The van der Waals surface area contributed by atoms with Gasteiger partial charge in [-0.25, -0.2) is 0 Å². The van der Waals surface area contributed by atoms with Crippen LogP contribution in [0.2, 0.25) is 0 Å². The summed E-state index contributed by atoms with van der Waals surface area (Å²) in [6.07, 6.45) is 7.26. The highest BCUT2D eigenvalue weighted by Gasteiger charge is 2.10. The van der Waals surface area contributed by atoms with Crippen LogP contribution in [-0.2, 0) is 0 Å². The van der Waals surface area contributed by atoms with E-state index in [4.69, 9.17) is 0 Å². The molecule has 0 spiro atoms. The molecule has 0 aromatic heterocycles. The van der Waals surface area contributed by atoms with Gasteiger partial charge in [0.1, 0.15) is 0 Å². The van der Waals surface area contributed by atoms with E-state index in [1.165, 1.54) is 36.8 Å². The molecule has 86 valence electrons. The van der Waals surface area contributed by atoms with Crippen LogP contribution in [0.3, 0.4) is 0 Å². The van der Waals surface area contributed by atoms with Gasteiger partial charge in [0.05, 0.1) is 0 Å². The standard InChI is InChI=1S/C15H26/c1-7-9-10-11-13(4)15(6)14(5)12(3)8-2/h8,13H,5-7,9-11H2,1-4H3. The maximum atomic E-state index is 4.16. The first-order chi connectivity index (χ1) is 7.04. The monoisotopic (exact) mass is 206 g/mol. The summed E-state index contributed by atoms with van der Waals surface area (Å²) >= 11 is 0. The molecule has 0 heterocycles. The normalized spacial score (nSPS) is 13.7. The molecule has 0 fully saturated rings. The Morgan fingerprint density at radius 1 is 1.27 bits per heavy atom. The van der Waals surface area contributed by atoms with E-state index in [-0.39, 0.29) is 0 Å². The summed E-state index contributed by atoms with van der Waals surface area (Å²) in [4.78, 5) is 0. The fourth-order valence-corrected chi connectivity index (χ4v) is 1.60. The molecule has 0 heteroatoms. The second-order valence-electron chi connectivity index (χ2n) is 4.37. The summed E-state index contributed by atoms with van der Waals surface area (Å²) in [5.74, 6) is 0.568. The molecule has 0 aromatic rings. The first-order valence-corrected chi connectivity index (χ1v) is 6.05. The Hall–Kier alpha value is -0.780. The Labute approximate surface area is 95.8 Å². The van der Waals surface area contributed by atoms with Gasteiger partial charge in [-0.1, -0.05) is 52.3 Å². The van der Waals surface area contributed by atoms with Crippen molar-refractivity contribution in [2.45, 2.75) is 53.4 Å². The molecule has 1 unspecified atom stereocenters. The summed E-state index contributed by atoms with van der Waals surface area (Å²) in [5, 5.41) is 0. The van der Waals surface area contributed by atoms with E-state index >= 15 is 0 Å². The summed E-state index contributed by atoms with van der Waals surface area (Å²) in [6, 6.07) is 0. The van der Waals surface area contributed by atoms with Crippen LogP contribution in [0.25, 0.3) is 0 Å². The predicted octanol–water partition coefficient (Wildman–Crippen LogP) is 5.28. The molecule has 0 aliphatic heterocycles. The van der Waals surface area contributed by atoms with E-state index in [1.54, 1.807) is 0 Å². The molecule has 0 radical (unpaired) electrons. The van der Waals surface area contributed by atoms with E-state index < -0.39 is 0 Å². The van der Waals surface area contributed by atoms with E-state index in [1.807, 2.05) is 0 Å². The minimum atomic E-state index is 0.568. The molecule has 0 aliphatic carbocycles. The smallest absolute Gasteiger partial charge is 0.0190 e. The van der Waals surface area contributed by atoms with Crippen molar-refractivity contribution < 1.29 is 0 Å². The van der Waals surface area contributed by atoms with Gasteiger partial charge in [0.15, 0.2) is 0 Å². The van der Waals surface area contributed by atoms with Gasteiger partial charge in [-0.2, -0.15) is 0 Å². The number of unbranched alkanes of at least 4 members (excludes halogenated alkanes) is 2. The van der Waals surface area contributed by atoms with Crippen molar-refractivity contribution in [3.8, 4) is 0 Å². The predicted molar refractivity (Wildman–Crippen MR) is 71.0 cm³/mol. The fourth-order valence-electron chi connectivity index (χ4n) is 1.60. The highest BCUT2D eigenvalue weighted by Crippen LogP contribution is 2.26. The second kappa shape index (κ2) is 7.50. The van der Waals surface area contributed by atoms with E-state index in [9.17, 15) is 0 Å². The lowest BCUT2D eigenvalue weighted by Crippen LogP contribution is -2.01. The molecule has 15 heavy (non-hydrogen) atoms. The largest absolute Gasteiger partial charge is 0.0950 e. The van der Waals surface area contributed by atoms with Gasteiger partial charge < -0.3 is 0 Å². The Morgan fingerprint density at radius 2 is 1.87 bits per heavy atom. The molecule has 0 nitrogen and oxygen atoms in total. The molecule has 0 amide bonds. The van der Waals surface area contributed by atoms with Crippen molar-refractivity contribution >= 4 is 0 Å². The highest BCUT2D eigenvalue weighted by atomic mass is 14.1. The highest BCUT2D eigenvalue weighted by molar-refractivity contribution is 5.42. The van der Waals surface area contributed by atoms with Crippen LogP contribution in [0.15, 0.2) is 36.0 Å². The molecule has 0 aliphatic rings. The zero-order valence-electron chi connectivity index (χ0n) is 10.9. The molecule has 0 bridgehead atoms. The molecule has 0 N–H and O–H groups in total. The number of allylic oxidation sites excluding steroid dienone is 4. The number of hydrogen-bond donors (Lipinski definition) is 0. The van der Waals surface area contributed by atoms with Gasteiger partial charge in [0.2, 0.25) is 0 Å². The van der Waals surface area contributed by atoms with Crippen LogP contribution in [0.5, 0.6) is 0 Å². The third-order valence-corrected chi connectivity index (χ3v) is 3.13. The number of hydrogen-bond acceptors (Lipinski definition) is 0. The van der Waals surface area contributed by atoms with Gasteiger partial charge in [-0.3, -0.25) is 0 Å². The molecular weight excluding hydrogens is 180 g/mol. The Bertz CT molecular complexity index is 243. The van der Waals surface area contributed by atoms with E-state index in [0.29, 0.717) is 5.92 Å². The van der Waals surface area contributed by atoms with Crippen molar-refractivity contribution in [1.29, 1.82) is 0 Å². The molecule has 0 rings (SSSR count). The Kier molecular flexibility index (Phi) is 7.11. The summed E-state index contributed by atoms with van der Waals surface area (Å²) in [6.45, 7) is 16.9. The molecule has 0 saturated carbocycles. The van der Waals surface area contributed by atoms with Crippen LogP contribution in [0.4, 0.5) is 0 Å². The topological polar surface area (TPSA) is 0 Å². The maximum absolute atomic E-state index is 4.16. The first-order valence-electron chi connectivity index (χ1n) is 6.05. The SMILES string of the molecule is C=C(C(=C)C(C)CCCCC)C(C)=CC. The van der Waals surface area contributed by atoms with Crippen LogP contribution in [0, 0.1) is 5.92 Å². The van der Waals surface area contributed by atoms with Crippen LogP contribution in [-0.4, -0.2) is 0 Å². The average Bonchev–Trinajstić information content (AvgIpc) is 2.26. The first kappa shape index (κ1) is 14.2. The lowest BCUT2D eigenvalue weighted by molar-refractivity contribution is 0.560. The molecule has 1 atom stereocenters. The Morgan fingerprint density at radius 3 is 2.33 bits per heavy atom. The molecule has 0 saturated heterocycles. The quantitative estimate of drug-likeness (QED) is 0.392. The van der Waals surface area contributed by atoms with Crippen molar-refractivity contribution in [3.63, 3.8) is 0 Å². The zero-order chi connectivity index (χ0) is 11.8. The molecular formula is C15H26. The Balaban J connectivity index is 4.14. The van der Waals surface area contributed by atoms with Crippen LogP contribution < -0.4 is 0 Å². The molecule has 0 aromatic carbocycles. The minimum absolute atomic E-state index is 0.568. The summed E-state index contributed by atoms with van der Waals surface area (Å²) < 4.78 is 0. The third-order valence-electron chi connectivity index (χ3n) is 3.13. The van der Waals surface area contributed by atoms with E-state index in [2.05, 4.69) is 46.9 Å². The lowest BCUT2D eigenvalue weighted by Gasteiger charge is -2.17. The lowest BCUT2D eigenvalue weighted by atomic mass is 9.88. The average molecular weight is 206 g/mol. The third kappa shape index (κ3) is 5.01. The van der Waals surface area contributed by atoms with E-state index in [0.717, 1.165) is 5.57 Å². The summed E-state index contributed by atoms with van der Waals surface area (Å²) in [7, 11) is 0. The van der Waals surface area contributed by atoms with Crippen molar-refractivity contribution in [2.24, 2.45) is 5.92 Å². The minimum Gasteiger partial charge on any atom is -0.0950 e.